The maximum Gasteiger partial charge on any atom is 0.254 e. The second-order valence-corrected chi connectivity index (χ2v) is 5.13. The van der Waals surface area contributed by atoms with Crippen LogP contribution in [-0.4, -0.2) is 19.6 Å². The third-order valence-electron chi connectivity index (χ3n) is 2.50. The van der Waals surface area contributed by atoms with Gasteiger partial charge in [-0.1, -0.05) is 0 Å². The molecular formula is C12H10IN5. The normalized spacial score (nSPS) is 10.8. The number of fused-ring (bicyclic) bond motifs is 1. The molecule has 18 heavy (non-hydrogen) atoms. The minimum Gasteiger partial charge on any atom is -0.340 e. The first-order valence-corrected chi connectivity index (χ1v) is 6.50. The fraction of sp³-hybridized carbons (Fsp3) is 0.0833. The molecule has 0 radical (unpaired) electrons. The maximum absolute atomic E-state index is 4.30. The Morgan fingerprint density at radius 2 is 2.00 bits per heavy atom. The quantitative estimate of drug-likeness (QED) is 0.722. The summed E-state index contributed by atoms with van der Waals surface area (Å²) in [4.78, 5) is 8.40. The molecular weight excluding hydrogens is 341 g/mol. The topological polar surface area (TPSA) is 55.1 Å². The average molecular weight is 351 g/mol. The molecule has 3 rings (SSSR count). The number of hydrogen-bond acceptors (Lipinski definition) is 4. The Kier molecular flexibility index (Phi) is 2.86. The van der Waals surface area contributed by atoms with E-state index in [0.717, 1.165) is 17.2 Å². The van der Waals surface area contributed by atoms with E-state index < -0.39 is 0 Å². The van der Waals surface area contributed by atoms with Crippen LogP contribution < -0.4 is 5.32 Å². The first kappa shape index (κ1) is 11.4. The van der Waals surface area contributed by atoms with Crippen molar-refractivity contribution in [3.05, 3.63) is 45.9 Å². The monoisotopic (exact) mass is 351 g/mol. The first-order chi connectivity index (χ1) is 8.72. The van der Waals surface area contributed by atoms with Gasteiger partial charge in [0.25, 0.3) is 5.78 Å². The van der Waals surface area contributed by atoms with Crippen molar-refractivity contribution < 1.29 is 0 Å². The summed E-state index contributed by atoms with van der Waals surface area (Å²) in [5, 5.41) is 7.47. The lowest BCUT2D eigenvalue weighted by molar-refractivity contribution is 0.937. The lowest BCUT2D eigenvalue weighted by Gasteiger charge is -2.08. The molecule has 0 aliphatic carbocycles. The van der Waals surface area contributed by atoms with Crippen LogP contribution in [-0.2, 0) is 0 Å². The smallest absolute Gasteiger partial charge is 0.254 e. The van der Waals surface area contributed by atoms with Crippen molar-refractivity contribution in [1.29, 1.82) is 0 Å². The van der Waals surface area contributed by atoms with Crippen molar-refractivity contribution in [3.63, 3.8) is 0 Å². The number of hydrogen-bond donors (Lipinski definition) is 1. The van der Waals surface area contributed by atoms with Gasteiger partial charge in [-0.3, -0.25) is 0 Å². The fourth-order valence-corrected chi connectivity index (χ4v) is 2.06. The van der Waals surface area contributed by atoms with Crippen LogP contribution in [0.15, 0.2) is 36.7 Å². The summed E-state index contributed by atoms with van der Waals surface area (Å²) in [7, 11) is 0. The lowest BCUT2D eigenvalue weighted by atomic mass is 10.3. The van der Waals surface area contributed by atoms with Crippen molar-refractivity contribution in [3.8, 4) is 0 Å². The van der Waals surface area contributed by atoms with E-state index in [2.05, 4.69) is 55.1 Å². The minimum atomic E-state index is 0.600. The zero-order chi connectivity index (χ0) is 12.5. The predicted octanol–water partition coefficient (Wildman–Crippen LogP) is 2.78. The Morgan fingerprint density at radius 1 is 1.22 bits per heavy atom. The molecule has 0 amide bonds. The van der Waals surface area contributed by atoms with E-state index in [9.17, 15) is 0 Å². The zero-order valence-electron chi connectivity index (χ0n) is 9.63. The Morgan fingerprint density at radius 3 is 2.78 bits per heavy atom. The zero-order valence-corrected chi connectivity index (χ0v) is 11.8. The number of aryl methyl sites for hydroxylation is 1. The highest BCUT2D eigenvalue weighted by molar-refractivity contribution is 14.1. The molecule has 0 spiro atoms. The fourth-order valence-electron chi connectivity index (χ4n) is 1.70. The highest BCUT2D eigenvalue weighted by atomic mass is 127. The molecule has 0 unspecified atom stereocenters. The third kappa shape index (κ3) is 2.15. The predicted molar refractivity (Wildman–Crippen MR) is 78.0 cm³/mol. The molecule has 0 atom stereocenters. The Balaban J connectivity index is 2.03. The van der Waals surface area contributed by atoms with E-state index in [1.54, 1.807) is 4.52 Å². The number of halogens is 1. The molecule has 1 N–H and O–H groups in total. The molecule has 0 aliphatic rings. The van der Waals surface area contributed by atoms with Crippen molar-refractivity contribution in [2.75, 3.05) is 5.32 Å². The van der Waals surface area contributed by atoms with Gasteiger partial charge in [-0.05, 0) is 53.8 Å². The maximum atomic E-state index is 4.30. The summed E-state index contributed by atoms with van der Waals surface area (Å²) in [5.41, 5.74) is 1.92. The van der Waals surface area contributed by atoms with Gasteiger partial charge in [-0.25, -0.2) is 4.98 Å². The standard InChI is InChI=1S/C12H10IN5/c1-8-6-11(18-12(16-8)14-7-15-18)17-10-4-2-9(13)3-5-10/h2-7,17H,1H3. The van der Waals surface area contributed by atoms with Crippen molar-refractivity contribution in [2.24, 2.45) is 0 Å². The van der Waals surface area contributed by atoms with Gasteiger partial charge in [0.1, 0.15) is 12.1 Å². The summed E-state index contributed by atoms with van der Waals surface area (Å²) in [6.45, 7) is 1.94. The highest BCUT2D eigenvalue weighted by Crippen LogP contribution is 2.18. The van der Waals surface area contributed by atoms with Gasteiger partial charge >= 0.3 is 0 Å². The van der Waals surface area contributed by atoms with Gasteiger partial charge in [0.2, 0.25) is 0 Å². The number of nitrogens with zero attached hydrogens (tertiary/aromatic N) is 4. The van der Waals surface area contributed by atoms with Gasteiger partial charge < -0.3 is 5.32 Å². The van der Waals surface area contributed by atoms with Crippen molar-refractivity contribution in [2.45, 2.75) is 6.92 Å². The number of aromatic nitrogens is 4. The Hall–Kier alpha value is -1.70. The van der Waals surface area contributed by atoms with Gasteiger partial charge in [-0.2, -0.15) is 14.6 Å². The molecule has 0 fully saturated rings. The van der Waals surface area contributed by atoms with Crippen molar-refractivity contribution in [1.82, 2.24) is 19.6 Å². The van der Waals surface area contributed by atoms with Crippen LogP contribution in [0, 0.1) is 10.5 Å². The molecule has 1 aromatic carbocycles. The average Bonchev–Trinajstić information content (AvgIpc) is 2.80. The molecule has 0 saturated heterocycles. The SMILES string of the molecule is Cc1cc(Nc2ccc(I)cc2)n2ncnc2n1. The molecule has 90 valence electrons. The summed E-state index contributed by atoms with van der Waals surface area (Å²) in [6, 6.07) is 10.1. The summed E-state index contributed by atoms with van der Waals surface area (Å²) >= 11 is 2.28. The summed E-state index contributed by atoms with van der Waals surface area (Å²) in [5.74, 6) is 1.46. The molecule has 2 heterocycles. The second-order valence-electron chi connectivity index (χ2n) is 3.89. The van der Waals surface area contributed by atoms with Crippen LogP contribution in [0.2, 0.25) is 0 Å². The molecule has 0 bridgehead atoms. The van der Waals surface area contributed by atoms with E-state index in [-0.39, 0.29) is 0 Å². The van der Waals surface area contributed by atoms with Crippen molar-refractivity contribution >= 4 is 39.9 Å². The largest absolute Gasteiger partial charge is 0.340 e. The highest BCUT2D eigenvalue weighted by Gasteiger charge is 2.05. The number of benzene rings is 1. The van der Waals surface area contributed by atoms with Crippen LogP contribution in [0.4, 0.5) is 11.5 Å². The number of anilines is 2. The van der Waals surface area contributed by atoms with E-state index >= 15 is 0 Å². The Bertz CT molecular complexity index is 689. The second kappa shape index (κ2) is 4.52. The number of nitrogens with one attached hydrogen (secondary N) is 1. The molecule has 2 aromatic heterocycles. The van der Waals surface area contributed by atoms with Crippen LogP contribution in [0.5, 0.6) is 0 Å². The molecule has 3 aromatic rings. The summed E-state index contributed by atoms with van der Waals surface area (Å²) in [6.07, 6.45) is 1.50. The number of rotatable bonds is 2. The molecule has 6 heteroatoms. The first-order valence-electron chi connectivity index (χ1n) is 5.42. The third-order valence-corrected chi connectivity index (χ3v) is 3.22. The van der Waals surface area contributed by atoms with E-state index in [4.69, 9.17) is 0 Å². The van der Waals surface area contributed by atoms with Crippen LogP contribution in [0.1, 0.15) is 5.69 Å². The van der Waals surface area contributed by atoms with E-state index in [1.807, 2.05) is 25.1 Å². The van der Waals surface area contributed by atoms with Gasteiger partial charge in [0.15, 0.2) is 0 Å². The Labute approximate surface area is 117 Å². The molecule has 0 aliphatic heterocycles. The van der Waals surface area contributed by atoms with Crippen LogP contribution >= 0.6 is 22.6 Å². The van der Waals surface area contributed by atoms with Gasteiger partial charge in [0.05, 0.1) is 0 Å². The van der Waals surface area contributed by atoms with Gasteiger partial charge in [0, 0.05) is 21.0 Å². The van der Waals surface area contributed by atoms with Crippen LogP contribution in [0.25, 0.3) is 5.78 Å². The summed E-state index contributed by atoms with van der Waals surface area (Å²) < 4.78 is 2.89. The van der Waals surface area contributed by atoms with E-state index in [0.29, 0.717) is 5.78 Å². The molecule has 5 nitrogen and oxygen atoms in total. The minimum absolute atomic E-state index is 0.600. The van der Waals surface area contributed by atoms with E-state index in [1.165, 1.54) is 9.90 Å². The van der Waals surface area contributed by atoms with Gasteiger partial charge in [-0.15, -0.1) is 0 Å². The molecule has 0 saturated carbocycles. The van der Waals surface area contributed by atoms with Crippen LogP contribution in [0.3, 0.4) is 0 Å². The lowest BCUT2D eigenvalue weighted by Crippen LogP contribution is -2.02.